The molecule has 1 unspecified atom stereocenters. The third kappa shape index (κ3) is 1.60. The van der Waals surface area contributed by atoms with Gasteiger partial charge >= 0.3 is 0 Å². The van der Waals surface area contributed by atoms with Crippen LogP contribution in [0.5, 0.6) is 0 Å². The summed E-state index contributed by atoms with van der Waals surface area (Å²) < 4.78 is 4.74. The SMILES string of the molecule is O=[C]C(CO)C(=O)c1ccco1. The molecular formula is C8H7O4. The molecule has 0 aliphatic rings. The number of ketones is 1. The minimum Gasteiger partial charge on any atom is -0.461 e. The highest BCUT2D eigenvalue weighted by Gasteiger charge is 2.21. The molecule has 0 aliphatic carbocycles. The lowest BCUT2D eigenvalue weighted by atomic mass is 10.1. The van der Waals surface area contributed by atoms with Gasteiger partial charge in [-0.05, 0) is 12.1 Å². The zero-order valence-electron chi connectivity index (χ0n) is 6.19. The Labute approximate surface area is 68.8 Å². The summed E-state index contributed by atoms with van der Waals surface area (Å²) >= 11 is 0. The van der Waals surface area contributed by atoms with E-state index < -0.39 is 18.3 Å². The lowest BCUT2D eigenvalue weighted by molar-refractivity contribution is 0.0885. The number of carbonyl (C=O) groups is 1. The Morgan fingerprint density at radius 2 is 2.50 bits per heavy atom. The normalized spacial score (nSPS) is 12.4. The molecule has 0 saturated heterocycles. The zero-order valence-corrected chi connectivity index (χ0v) is 6.19. The second-order valence-corrected chi connectivity index (χ2v) is 2.19. The minimum atomic E-state index is -1.13. The topological polar surface area (TPSA) is 67.5 Å². The Morgan fingerprint density at radius 3 is 2.92 bits per heavy atom. The van der Waals surface area contributed by atoms with Crippen molar-refractivity contribution in [3.8, 4) is 0 Å². The Kier molecular flexibility index (Phi) is 2.76. The Morgan fingerprint density at radius 1 is 1.75 bits per heavy atom. The highest BCUT2D eigenvalue weighted by atomic mass is 16.3. The van der Waals surface area contributed by atoms with Crippen molar-refractivity contribution in [1.29, 1.82) is 0 Å². The van der Waals surface area contributed by atoms with Gasteiger partial charge < -0.3 is 9.52 Å². The second-order valence-electron chi connectivity index (χ2n) is 2.19. The fraction of sp³-hybridized carbons (Fsp3) is 0.250. The van der Waals surface area contributed by atoms with Gasteiger partial charge in [0.2, 0.25) is 12.1 Å². The van der Waals surface area contributed by atoms with Crippen LogP contribution in [0.15, 0.2) is 22.8 Å². The van der Waals surface area contributed by atoms with E-state index in [9.17, 15) is 9.59 Å². The maximum absolute atomic E-state index is 11.2. The van der Waals surface area contributed by atoms with Crippen LogP contribution in [0.2, 0.25) is 0 Å². The maximum Gasteiger partial charge on any atom is 0.212 e. The summed E-state index contributed by atoms with van der Waals surface area (Å²) in [6.07, 6.45) is 2.76. The van der Waals surface area contributed by atoms with Crippen molar-refractivity contribution in [2.24, 2.45) is 5.92 Å². The van der Waals surface area contributed by atoms with Gasteiger partial charge in [-0.25, -0.2) is 0 Å². The van der Waals surface area contributed by atoms with Crippen molar-refractivity contribution >= 4 is 12.1 Å². The van der Waals surface area contributed by atoms with Crippen LogP contribution in [-0.4, -0.2) is 23.8 Å². The molecule has 0 saturated carbocycles. The van der Waals surface area contributed by atoms with Crippen molar-refractivity contribution < 1.29 is 19.1 Å². The first kappa shape index (κ1) is 8.67. The predicted molar refractivity (Wildman–Crippen MR) is 39.3 cm³/mol. The van der Waals surface area contributed by atoms with Gasteiger partial charge in [0.25, 0.3) is 0 Å². The van der Waals surface area contributed by atoms with Gasteiger partial charge in [-0.3, -0.25) is 9.59 Å². The Balaban J connectivity index is 2.77. The molecule has 0 aromatic carbocycles. The maximum atomic E-state index is 11.2. The summed E-state index contributed by atoms with van der Waals surface area (Å²) in [5, 5.41) is 8.57. The van der Waals surface area contributed by atoms with Gasteiger partial charge in [0.15, 0.2) is 5.76 Å². The molecule has 0 aliphatic heterocycles. The zero-order chi connectivity index (χ0) is 8.97. The summed E-state index contributed by atoms with van der Waals surface area (Å²) in [6.45, 7) is -0.539. The summed E-state index contributed by atoms with van der Waals surface area (Å²) in [5.41, 5.74) is 0. The van der Waals surface area contributed by atoms with E-state index in [4.69, 9.17) is 9.52 Å². The van der Waals surface area contributed by atoms with E-state index >= 15 is 0 Å². The summed E-state index contributed by atoms with van der Waals surface area (Å²) in [4.78, 5) is 21.3. The number of aliphatic hydroxyl groups excluding tert-OH is 1. The third-order valence-electron chi connectivity index (χ3n) is 1.41. The van der Waals surface area contributed by atoms with Gasteiger partial charge in [-0.2, -0.15) is 0 Å². The van der Waals surface area contributed by atoms with E-state index in [1.807, 2.05) is 0 Å². The van der Waals surface area contributed by atoms with Crippen LogP contribution in [0, 0.1) is 5.92 Å². The fourth-order valence-electron chi connectivity index (χ4n) is 0.764. The molecule has 1 heterocycles. The van der Waals surface area contributed by atoms with E-state index in [2.05, 4.69) is 0 Å². The molecule has 63 valence electrons. The van der Waals surface area contributed by atoms with Crippen molar-refractivity contribution in [1.82, 2.24) is 0 Å². The lowest BCUT2D eigenvalue weighted by Gasteiger charge is -1.99. The van der Waals surface area contributed by atoms with Crippen LogP contribution in [0.3, 0.4) is 0 Å². The quantitative estimate of drug-likeness (QED) is 0.513. The monoisotopic (exact) mass is 167 g/mol. The molecule has 1 radical (unpaired) electrons. The number of aliphatic hydroxyl groups is 1. The molecule has 0 bridgehead atoms. The molecule has 12 heavy (non-hydrogen) atoms. The summed E-state index contributed by atoms with van der Waals surface area (Å²) in [6, 6.07) is 2.97. The first-order chi connectivity index (χ1) is 5.79. The molecule has 0 spiro atoms. The Hall–Kier alpha value is -1.42. The van der Waals surface area contributed by atoms with E-state index in [1.54, 1.807) is 0 Å². The van der Waals surface area contributed by atoms with Crippen LogP contribution >= 0.6 is 0 Å². The smallest absolute Gasteiger partial charge is 0.212 e. The van der Waals surface area contributed by atoms with E-state index in [-0.39, 0.29) is 5.76 Å². The number of rotatable bonds is 4. The highest BCUT2D eigenvalue weighted by Crippen LogP contribution is 2.07. The van der Waals surface area contributed by atoms with Crippen LogP contribution in [0.1, 0.15) is 10.6 Å². The van der Waals surface area contributed by atoms with Crippen LogP contribution in [0.4, 0.5) is 0 Å². The van der Waals surface area contributed by atoms with Gasteiger partial charge in [-0.1, -0.05) is 0 Å². The van der Waals surface area contributed by atoms with E-state index in [0.29, 0.717) is 0 Å². The van der Waals surface area contributed by atoms with Crippen molar-refractivity contribution in [3.05, 3.63) is 24.2 Å². The van der Waals surface area contributed by atoms with E-state index in [0.717, 1.165) is 0 Å². The molecule has 1 rings (SSSR count). The number of hydrogen-bond donors (Lipinski definition) is 1. The molecular weight excluding hydrogens is 160 g/mol. The third-order valence-corrected chi connectivity index (χ3v) is 1.41. The highest BCUT2D eigenvalue weighted by molar-refractivity contribution is 6.03. The molecule has 1 N–H and O–H groups in total. The van der Waals surface area contributed by atoms with Crippen LogP contribution in [0.25, 0.3) is 0 Å². The number of Topliss-reactive ketones (excluding diaryl/α,β-unsaturated/α-hetero) is 1. The molecule has 0 fully saturated rings. The molecule has 1 atom stereocenters. The molecule has 4 nitrogen and oxygen atoms in total. The van der Waals surface area contributed by atoms with E-state index in [1.165, 1.54) is 24.7 Å². The summed E-state index contributed by atoms with van der Waals surface area (Å²) in [7, 11) is 0. The lowest BCUT2D eigenvalue weighted by Crippen LogP contribution is -2.19. The molecule has 1 aromatic rings. The first-order valence-electron chi connectivity index (χ1n) is 3.36. The second kappa shape index (κ2) is 3.82. The molecule has 4 heteroatoms. The number of carbonyl (C=O) groups excluding carboxylic acids is 2. The average Bonchev–Trinajstić information content (AvgIpc) is 2.58. The standard InChI is InChI=1S/C8H7O4/c9-4-6(5-10)8(11)7-2-1-3-12-7/h1-3,6,9H,4H2. The fourth-order valence-corrected chi connectivity index (χ4v) is 0.764. The van der Waals surface area contributed by atoms with Crippen molar-refractivity contribution in [3.63, 3.8) is 0 Å². The molecule has 1 aromatic heterocycles. The van der Waals surface area contributed by atoms with Gasteiger partial charge in [-0.15, -0.1) is 0 Å². The van der Waals surface area contributed by atoms with Crippen LogP contribution < -0.4 is 0 Å². The number of furan rings is 1. The van der Waals surface area contributed by atoms with Crippen molar-refractivity contribution in [2.75, 3.05) is 6.61 Å². The predicted octanol–water partition coefficient (Wildman–Crippen LogP) is 0.180. The molecule has 0 amide bonds. The minimum absolute atomic E-state index is 0.0670. The average molecular weight is 167 g/mol. The van der Waals surface area contributed by atoms with Crippen molar-refractivity contribution in [2.45, 2.75) is 0 Å². The first-order valence-corrected chi connectivity index (χ1v) is 3.36. The summed E-state index contributed by atoms with van der Waals surface area (Å²) in [5.74, 6) is -1.61. The van der Waals surface area contributed by atoms with Gasteiger partial charge in [0.05, 0.1) is 12.9 Å². The Bertz CT molecular complexity index is 263. The van der Waals surface area contributed by atoms with Crippen LogP contribution in [-0.2, 0) is 4.79 Å². The largest absolute Gasteiger partial charge is 0.461 e. The van der Waals surface area contributed by atoms with Gasteiger partial charge in [0.1, 0.15) is 5.92 Å². The number of hydrogen-bond acceptors (Lipinski definition) is 4. The van der Waals surface area contributed by atoms with Gasteiger partial charge in [0, 0.05) is 0 Å².